The van der Waals surface area contributed by atoms with Crippen LogP contribution in [0.4, 0.5) is 0 Å². The third-order valence-electron chi connectivity index (χ3n) is 9.25. The number of hydrogen-bond donors (Lipinski definition) is 0. The molecule has 0 aromatic heterocycles. The predicted molar refractivity (Wildman–Crippen MR) is 228 cm³/mol. The van der Waals surface area contributed by atoms with E-state index in [0.717, 1.165) is 96.3 Å². The molecule has 310 valence electrons. The zero-order valence-corrected chi connectivity index (χ0v) is 35.2. The standard InChI is InChI=1S/C48H82O6/c1-4-7-10-13-16-19-21-22-23-24-25-27-29-32-35-38-41-47(50)53-44-45(43-52-46(49)40-37-34-31-28-18-15-12-9-6-3)54-48(51)42-39-36-33-30-26-20-17-14-11-8-5-2/h9,12,14,17-18,23-25,27-28,45H,4-8,10-11,13,15-16,19-22,26,29-44H2,1-3H3/b12-9-,17-14-,24-23-,27-25-,28-18-. The lowest BCUT2D eigenvalue weighted by Gasteiger charge is -2.18. The van der Waals surface area contributed by atoms with Gasteiger partial charge in [0.05, 0.1) is 0 Å². The first-order valence-corrected chi connectivity index (χ1v) is 22.3. The van der Waals surface area contributed by atoms with Crippen molar-refractivity contribution in [2.75, 3.05) is 13.2 Å². The molecule has 0 aliphatic heterocycles. The minimum atomic E-state index is -0.798. The van der Waals surface area contributed by atoms with Gasteiger partial charge in [-0.3, -0.25) is 14.4 Å². The Morgan fingerprint density at radius 3 is 1.35 bits per heavy atom. The molecule has 0 saturated carbocycles. The van der Waals surface area contributed by atoms with Gasteiger partial charge < -0.3 is 14.2 Å². The smallest absolute Gasteiger partial charge is 0.306 e. The van der Waals surface area contributed by atoms with E-state index in [1.165, 1.54) is 70.6 Å². The van der Waals surface area contributed by atoms with Crippen molar-refractivity contribution in [3.63, 3.8) is 0 Å². The lowest BCUT2D eigenvalue weighted by molar-refractivity contribution is -0.167. The number of esters is 3. The van der Waals surface area contributed by atoms with Gasteiger partial charge in [-0.1, -0.05) is 159 Å². The summed E-state index contributed by atoms with van der Waals surface area (Å²) in [5.74, 6) is -0.980. The van der Waals surface area contributed by atoms with E-state index in [-0.39, 0.29) is 31.1 Å². The second kappa shape index (κ2) is 42.8. The summed E-state index contributed by atoms with van der Waals surface area (Å²) in [4.78, 5) is 37.6. The van der Waals surface area contributed by atoms with E-state index in [0.29, 0.717) is 19.3 Å². The van der Waals surface area contributed by atoms with Gasteiger partial charge in [0.1, 0.15) is 13.2 Å². The first kappa shape index (κ1) is 51.1. The SMILES string of the molecule is CC/C=C\C/C=C\CCCCC(=O)OCC(COC(=O)CCCCC/C=C\C=C/CCCCCCCCC)OC(=O)CCCCCCC/C=C\CCCC. The summed E-state index contributed by atoms with van der Waals surface area (Å²) >= 11 is 0. The van der Waals surface area contributed by atoms with Crippen LogP contribution < -0.4 is 0 Å². The van der Waals surface area contributed by atoms with Crippen molar-refractivity contribution in [2.24, 2.45) is 0 Å². The van der Waals surface area contributed by atoms with E-state index in [1.54, 1.807) is 0 Å². The molecule has 54 heavy (non-hydrogen) atoms. The van der Waals surface area contributed by atoms with Crippen molar-refractivity contribution >= 4 is 17.9 Å². The Morgan fingerprint density at radius 2 is 0.796 bits per heavy atom. The molecule has 0 bridgehead atoms. The average Bonchev–Trinajstić information content (AvgIpc) is 3.17. The maximum absolute atomic E-state index is 12.7. The number of ether oxygens (including phenoxy) is 3. The Balaban J connectivity index is 4.42. The molecule has 1 atom stereocenters. The van der Waals surface area contributed by atoms with Crippen LogP contribution in [-0.2, 0) is 28.6 Å². The second-order valence-corrected chi connectivity index (χ2v) is 14.6. The van der Waals surface area contributed by atoms with Crippen LogP contribution in [0.5, 0.6) is 0 Å². The molecule has 6 nitrogen and oxygen atoms in total. The number of carbonyl (C=O) groups is 3. The fraction of sp³-hybridized carbons (Fsp3) is 0.729. The lowest BCUT2D eigenvalue weighted by atomic mass is 10.1. The van der Waals surface area contributed by atoms with Crippen LogP contribution in [0.15, 0.2) is 60.8 Å². The van der Waals surface area contributed by atoms with E-state index in [4.69, 9.17) is 14.2 Å². The highest BCUT2D eigenvalue weighted by molar-refractivity contribution is 5.71. The van der Waals surface area contributed by atoms with Crippen LogP contribution in [0, 0.1) is 0 Å². The van der Waals surface area contributed by atoms with Gasteiger partial charge in [-0.2, -0.15) is 0 Å². The quantitative estimate of drug-likeness (QED) is 0.0204. The van der Waals surface area contributed by atoms with Crippen molar-refractivity contribution in [3.05, 3.63) is 60.8 Å². The molecule has 0 fully saturated rings. The Kier molecular flexibility index (Phi) is 40.6. The van der Waals surface area contributed by atoms with Crippen LogP contribution >= 0.6 is 0 Å². The topological polar surface area (TPSA) is 78.9 Å². The van der Waals surface area contributed by atoms with Gasteiger partial charge in [0.25, 0.3) is 0 Å². The third kappa shape index (κ3) is 40.3. The van der Waals surface area contributed by atoms with Crippen LogP contribution in [0.2, 0.25) is 0 Å². The molecule has 0 amide bonds. The van der Waals surface area contributed by atoms with Crippen molar-refractivity contribution in [2.45, 2.75) is 213 Å². The van der Waals surface area contributed by atoms with Crippen LogP contribution in [0.1, 0.15) is 207 Å². The molecule has 0 aromatic rings. The predicted octanol–water partition coefficient (Wildman–Crippen LogP) is 14.1. The Labute approximate surface area is 332 Å². The zero-order valence-electron chi connectivity index (χ0n) is 35.2. The Bertz CT molecular complexity index is 1010. The Hall–Kier alpha value is -2.89. The van der Waals surface area contributed by atoms with E-state index in [1.807, 2.05) is 0 Å². The van der Waals surface area contributed by atoms with Gasteiger partial charge in [-0.15, -0.1) is 0 Å². The number of rotatable bonds is 39. The number of allylic oxidation sites excluding steroid dienone is 10. The minimum Gasteiger partial charge on any atom is -0.462 e. The molecule has 0 N–H and O–H groups in total. The van der Waals surface area contributed by atoms with Gasteiger partial charge in [0.15, 0.2) is 6.10 Å². The largest absolute Gasteiger partial charge is 0.462 e. The first-order chi connectivity index (χ1) is 26.5. The van der Waals surface area contributed by atoms with Gasteiger partial charge in [0.2, 0.25) is 0 Å². The monoisotopic (exact) mass is 755 g/mol. The van der Waals surface area contributed by atoms with Gasteiger partial charge in [0, 0.05) is 19.3 Å². The molecule has 0 aromatic carbocycles. The molecule has 0 aliphatic rings. The summed E-state index contributed by atoms with van der Waals surface area (Å²) in [5, 5.41) is 0. The Morgan fingerprint density at radius 1 is 0.407 bits per heavy atom. The van der Waals surface area contributed by atoms with Crippen molar-refractivity contribution in [1.82, 2.24) is 0 Å². The van der Waals surface area contributed by atoms with Crippen molar-refractivity contribution < 1.29 is 28.6 Å². The van der Waals surface area contributed by atoms with E-state index < -0.39 is 6.10 Å². The third-order valence-corrected chi connectivity index (χ3v) is 9.25. The van der Waals surface area contributed by atoms with Crippen molar-refractivity contribution in [3.8, 4) is 0 Å². The summed E-state index contributed by atoms with van der Waals surface area (Å²) in [6, 6.07) is 0. The molecule has 0 saturated heterocycles. The van der Waals surface area contributed by atoms with Crippen LogP contribution in [0.25, 0.3) is 0 Å². The molecule has 0 radical (unpaired) electrons. The van der Waals surface area contributed by atoms with E-state index in [9.17, 15) is 14.4 Å². The molecule has 6 heteroatoms. The average molecular weight is 755 g/mol. The molecule has 0 spiro atoms. The molecular weight excluding hydrogens is 673 g/mol. The van der Waals surface area contributed by atoms with Gasteiger partial charge in [-0.25, -0.2) is 0 Å². The minimum absolute atomic E-state index is 0.102. The fourth-order valence-corrected chi connectivity index (χ4v) is 5.86. The highest BCUT2D eigenvalue weighted by Crippen LogP contribution is 2.12. The highest BCUT2D eigenvalue weighted by Gasteiger charge is 2.19. The normalized spacial score (nSPS) is 12.6. The maximum atomic E-state index is 12.7. The van der Waals surface area contributed by atoms with E-state index >= 15 is 0 Å². The molecular formula is C48H82O6. The second-order valence-electron chi connectivity index (χ2n) is 14.6. The molecule has 1 unspecified atom stereocenters. The molecule has 0 heterocycles. The van der Waals surface area contributed by atoms with Crippen LogP contribution in [0.3, 0.4) is 0 Å². The molecule has 0 aliphatic carbocycles. The fourth-order valence-electron chi connectivity index (χ4n) is 5.86. The lowest BCUT2D eigenvalue weighted by Crippen LogP contribution is -2.30. The van der Waals surface area contributed by atoms with E-state index in [2.05, 4.69) is 81.5 Å². The van der Waals surface area contributed by atoms with Crippen molar-refractivity contribution in [1.29, 1.82) is 0 Å². The summed E-state index contributed by atoms with van der Waals surface area (Å²) in [5.41, 5.74) is 0. The summed E-state index contributed by atoms with van der Waals surface area (Å²) < 4.78 is 16.6. The highest BCUT2D eigenvalue weighted by atomic mass is 16.6. The summed E-state index contributed by atoms with van der Waals surface area (Å²) in [6.45, 7) is 6.39. The van der Waals surface area contributed by atoms with Crippen LogP contribution in [-0.4, -0.2) is 37.2 Å². The number of hydrogen-bond acceptors (Lipinski definition) is 6. The molecule has 0 rings (SSSR count). The number of carbonyl (C=O) groups excluding carboxylic acids is 3. The summed E-state index contributed by atoms with van der Waals surface area (Å²) in [7, 11) is 0. The summed E-state index contributed by atoms with van der Waals surface area (Å²) in [6.07, 6.45) is 50.7. The van der Waals surface area contributed by atoms with Gasteiger partial charge >= 0.3 is 17.9 Å². The number of unbranched alkanes of at least 4 members (excludes halogenated alkanes) is 19. The zero-order chi connectivity index (χ0) is 39.4. The van der Waals surface area contributed by atoms with Gasteiger partial charge in [-0.05, 0) is 89.9 Å². The maximum Gasteiger partial charge on any atom is 0.306 e. The first-order valence-electron chi connectivity index (χ1n) is 22.3.